The van der Waals surface area contributed by atoms with Crippen LogP contribution in [0.15, 0.2) is 12.1 Å². The number of ether oxygens (including phenoxy) is 2. The van der Waals surface area contributed by atoms with E-state index in [4.69, 9.17) is 21.8 Å². The summed E-state index contributed by atoms with van der Waals surface area (Å²) < 4.78 is 93.5. The number of carbonyl (C=O) groups is 1. The highest BCUT2D eigenvalue weighted by molar-refractivity contribution is 5.89. The largest absolute Gasteiger partial charge is 0.493 e. The molecule has 4 heteroatoms. The van der Waals surface area contributed by atoms with E-state index in [1.807, 2.05) is 0 Å². The third kappa shape index (κ3) is 1.27. The molecule has 0 amide bonds. The second kappa shape index (κ2) is 4.05. The highest BCUT2D eigenvalue weighted by atomic mass is 16.5. The maximum Gasteiger partial charge on any atom is 0.174 e. The predicted octanol–water partition coefficient (Wildman–Crippen LogP) is 1.93. The first-order valence-electron chi connectivity index (χ1n) is 12.4. The van der Waals surface area contributed by atoms with Crippen molar-refractivity contribution in [3.8, 4) is 11.5 Å². The van der Waals surface area contributed by atoms with E-state index in [1.165, 1.54) is 12.1 Å². The molecule has 4 atom stereocenters. The Morgan fingerprint density at radius 2 is 2.55 bits per heavy atom. The van der Waals surface area contributed by atoms with Crippen molar-refractivity contribution in [1.29, 1.82) is 0 Å². The number of Topliss-reactive ketones (excluding diaryl/α,β-unsaturated/α-hetero) is 1. The maximum absolute atomic E-state index is 13.1. The van der Waals surface area contributed by atoms with Crippen molar-refractivity contribution >= 4 is 5.78 Å². The summed E-state index contributed by atoms with van der Waals surface area (Å²) in [5, 5.41) is 0. The van der Waals surface area contributed by atoms with E-state index >= 15 is 0 Å². The number of methoxy groups -OCH3 is 1. The van der Waals surface area contributed by atoms with Gasteiger partial charge in [0, 0.05) is 31.7 Å². The summed E-state index contributed by atoms with van der Waals surface area (Å²) in [6.07, 6.45) is -5.16. The standard InChI is InChI=1S/C18H21NO3/c1-19-8-7-18-11-4-5-13(20)17(18)22-16-14(21-2)6-3-10(15(16)18)9-12(11)19/h3,6,11-12,17H,4-5,7-9H2,1-2H3/t11-,12+,17?,18-/m0/s1/i1D3,2D3,9D2,11D,17D. The number of carbonyl (C=O) groups excluding carboxylic acids is 1. The topological polar surface area (TPSA) is 38.8 Å². The second-order valence-corrected chi connectivity index (χ2v) is 6.19. The molecule has 4 nitrogen and oxygen atoms in total. The summed E-state index contributed by atoms with van der Waals surface area (Å²) in [5.41, 5.74) is -1.58. The number of likely N-dealkylation sites (tertiary alicyclic amines) is 1. The molecule has 1 spiro atoms. The molecular weight excluding hydrogens is 278 g/mol. The minimum Gasteiger partial charge on any atom is -0.493 e. The number of nitrogens with zero attached hydrogens (tertiary/aromatic N) is 1. The quantitative estimate of drug-likeness (QED) is 0.795. The molecular formula is C18H21NO3. The minimum absolute atomic E-state index is 0.00366. The van der Waals surface area contributed by atoms with Gasteiger partial charge in [0.1, 0.15) is 0 Å². The smallest absolute Gasteiger partial charge is 0.174 e. The molecule has 0 aromatic heterocycles. The normalized spacial score (nSPS) is 55.3. The molecule has 1 saturated carbocycles. The van der Waals surface area contributed by atoms with Crippen LogP contribution in [0.1, 0.15) is 44.1 Å². The lowest BCUT2D eigenvalue weighted by Gasteiger charge is -2.57. The molecule has 116 valence electrons. The lowest BCUT2D eigenvalue weighted by Crippen LogP contribution is -2.65. The zero-order valence-electron chi connectivity index (χ0n) is 21.7. The van der Waals surface area contributed by atoms with Gasteiger partial charge in [-0.2, -0.15) is 0 Å². The van der Waals surface area contributed by atoms with Crippen molar-refractivity contribution in [3.05, 3.63) is 23.3 Å². The van der Waals surface area contributed by atoms with Crippen molar-refractivity contribution in [2.45, 2.75) is 43.2 Å². The van der Waals surface area contributed by atoms with Crippen LogP contribution in [-0.2, 0) is 16.6 Å². The van der Waals surface area contributed by atoms with E-state index in [0.29, 0.717) is 0 Å². The van der Waals surface area contributed by atoms with Crippen LogP contribution in [0.2, 0.25) is 0 Å². The first-order chi connectivity index (χ1) is 14.5. The lowest BCUT2D eigenvalue weighted by atomic mass is 9.52. The van der Waals surface area contributed by atoms with Gasteiger partial charge in [-0.05, 0) is 50.3 Å². The number of piperidine rings is 1. The number of hydrogen-bond acceptors (Lipinski definition) is 4. The molecule has 0 radical (unpaired) electrons. The second-order valence-electron chi connectivity index (χ2n) is 6.19. The number of rotatable bonds is 1. The van der Waals surface area contributed by atoms with Crippen molar-refractivity contribution < 1.29 is 28.0 Å². The van der Waals surface area contributed by atoms with E-state index < -0.39 is 49.6 Å². The summed E-state index contributed by atoms with van der Waals surface area (Å²) in [7, 11) is -2.86. The molecule has 0 N–H and O–H groups in total. The van der Waals surface area contributed by atoms with E-state index in [9.17, 15) is 6.17 Å². The first kappa shape index (κ1) is 6.52. The highest BCUT2D eigenvalue weighted by Crippen LogP contribution is 2.62. The minimum atomic E-state index is -2.86. The monoisotopic (exact) mass is 309 g/mol. The summed E-state index contributed by atoms with van der Waals surface area (Å²) in [6, 6.07) is 1.03. The van der Waals surface area contributed by atoms with E-state index in [0.717, 1.165) is 4.90 Å². The molecule has 2 fully saturated rings. The van der Waals surface area contributed by atoms with Gasteiger partial charge in [-0.15, -0.1) is 0 Å². The molecule has 2 aliphatic carbocycles. The van der Waals surface area contributed by atoms with Crippen LogP contribution in [0.3, 0.4) is 0 Å². The molecule has 2 aliphatic heterocycles. The van der Waals surface area contributed by atoms with Gasteiger partial charge in [0.25, 0.3) is 0 Å². The Hall–Kier alpha value is -1.55. The Morgan fingerprint density at radius 1 is 1.59 bits per heavy atom. The van der Waals surface area contributed by atoms with Crippen molar-refractivity contribution in [2.24, 2.45) is 5.89 Å². The number of likely N-dealkylation sites (N-methyl/N-ethyl adjacent to an activating group) is 1. The molecule has 4 aliphatic rings. The van der Waals surface area contributed by atoms with Crippen LogP contribution >= 0.6 is 0 Å². The van der Waals surface area contributed by atoms with Crippen LogP contribution in [0.4, 0.5) is 0 Å². The Bertz CT molecular complexity index is 1040. The lowest BCUT2D eigenvalue weighted by molar-refractivity contribution is -0.138. The molecule has 2 heterocycles. The van der Waals surface area contributed by atoms with E-state index in [-0.39, 0.29) is 48.4 Å². The van der Waals surface area contributed by atoms with E-state index in [1.54, 1.807) is 0 Å². The predicted molar refractivity (Wildman–Crippen MR) is 81.6 cm³/mol. The van der Waals surface area contributed by atoms with Gasteiger partial charge >= 0.3 is 0 Å². The number of ketones is 1. The van der Waals surface area contributed by atoms with Gasteiger partial charge in [-0.1, -0.05) is 6.07 Å². The van der Waals surface area contributed by atoms with Gasteiger partial charge in [-0.25, -0.2) is 0 Å². The Balaban J connectivity index is 1.87. The zero-order valence-corrected chi connectivity index (χ0v) is 11.7. The van der Waals surface area contributed by atoms with Crippen LogP contribution < -0.4 is 9.47 Å². The zero-order chi connectivity index (χ0) is 23.7. The fourth-order valence-corrected chi connectivity index (χ4v) is 4.46. The molecule has 1 unspecified atom stereocenters. The average Bonchev–Trinajstić information content (AvgIpc) is 2.90. The number of hydrogen-bond donors (Lipinski definition) is 0. The third-order valence-electron chi connectivity index (χ3n) is 5.33. The van der Waals surface area contributed by atoms with Crippen LogP contribution in [0, 0.1) is 5.89 Å². The van der Waals surface area contributed by atoms with Crippen LogP contribution in [0.25, 0.3) is 0 Å². The molecule has 5 rings (SSSR count). The fraction of sp³-hybridized carbons (Fsp3) is 0.611. The number of benzene rings is 1. The van der Waals surface area contributed by atoms with Crippen LogP contribution in [-0.4, -0.2) is 43.4 Å². The molecule has 2 bridgehead atoms. The third-order valence-corrected chi connectivity index (χ3v) is 5.33. The Labute approximate surface area is 144 Å². The molecule has 1 saturated heterocycles. The summed E-state index contributed by atoms with van der Waals surface area (Å²) in [6.45, 7) is -2.87. The van der Waals surface area contributed by atoms with Gasteiger partial charge in [0.2, 0.25) is 0 Å². The van der Waals surface area contributed by atoms with Gasteiger partial charge in [0.05, 0.1) is 12.5 Å². The average molecular weight is 309 g/mol. The molecule has 22 heavy (non-hydrogen) atoms. The van der Waals surface area contributed by atoms with Crippen LogP contribution in [0.5, 0.6) is 11.5 Å². The Morgan fingerprint density at radius 3 is 3.41 bits per heavy atom. The summed E-state index contributed by atoms with van der Waals surface area (Å²) in [5.74, 6) is -2.96. The summed E-state index contributed by atoms with van der Waals surface area (Å²) in [4.78, 5) is 14.0. The highest BCUT2D eigenvalue weighted by Gasteiger charge is 2.65. The fourth-order valence-electron chi connectivity index (χ4n) is 4.46. The van der Waals surface area contributed by atoms with Crippen molar-refractivity contribution in [2.75, 3.05) is 20.6 Å². The molecule has 1 aromatic carbocycles. The van der Waals surface area contributed by atoms with Gasteiger partial charge < -0.3 is 14.4 Å². The van der Waals surface area contributed by atoms with Crippen molar-refractivity contribution in [3.63, 3.8) is 0 Å². The molecule has 1 aromatic rings. The van der Waals surface area contributed by atoms with Gasteiger partial charge in [0.15, 0.2) is 23.4 Å². The first-order valence-corrected chi connectivity index (χ1v) is 7.37. The van der Waals surface area contributed by atoms with E-state index in [2.05, 4.69) is 0 Å². The van der Waals surface area contributed by atoms with Crippen molar-refractivity contribution in [1.82, 2.24) is 4.90 Å². The SMILES string of the molecule is [2H]C([2H])([2H])Oc1ccc2c3c1OC1([2H])C(=O)CC[C@@]4([2H])[C@H](N(C([2H])([2H])[2H])CC[C@]314)C2([2H])[2H]. The van der Waals surface area contributed by atoms with Gasteiger partial charge in [-0.3, -0.25) is 4.79 Å². The maximum atomic E-state index is 13.1. The Kier molecular flexibility index (Phi) is 1.20. The summed E-state index contributed by atoms with van der Waals surface area (Å²) >= 11 is 0.